The molecule has 4 nitrogen and oxygen atoms in total. The minimum Gasteiger partial charge on any atom is -0.364 e. The first-order valence-electron chi connectivity index (χ1n) is 7.13. The maximum atomic E-state index is 11.8. The van der Waals surface area contributed by atoms with Crippen LogP contribution in [0.4, 0.5) is 0 Å². The second-order valence-electron chi connectivity index (χ2n) is 5.64. The molecule has 0 spiro atoms. The predicted molar refractivity (Wildman–Crippen MR) is 82.1 cm³/mol. The van der Waals surface area contributed by atoms with Gasteiger partial charge in [0.05, 0.1) is 6.10 Å². The fourth-order valence-electron chi connectivity index (χ4n) is 2.42. The highest BCUT2D eigenvalue weighted by molar-refractivity contribution is 7.12. The Kier molecular flexibility index (Phi) is 5.18. The van der Waals surface area contributed by atoms with Crippen molar-refractivity contribution in [2.75, 3.05) is 20.6 Å². The van der Waals surface area contributed by atoms with E-state index in [9.17, 15) is 4.79 Å². The lowest BCUT2D eigenvalue weighted by atomic mass is 10.1. The standard InChI is InChI=1S/C15H24N2O2S/c1-10-5-8-14(20-10)11(2)16-9-12-6-7-13(19-12)15(18)17(3)4/h5,8,11-13,16H,6-7,9H2,1-4H3/t11-,12+,13+/m0/s1. The van der Waals surface area contributed by atoms with E-state index in [0.717, 1.165) is 19.4 Å². The molecule has 20 heavy (non-hydrogen) atoms. The lowest BCUT2D eigenvalue weighted by Gasteiger charge is -2.19. The molecular formula is C15H24N2O2S. The summed E-state index contributed by atoms with van der Waals surface area (Å²) in [5.41, 5.74) is 0. The number of amides is 1. The van der Waals surface area contributed by atoms with Crippen LogP contribution in [0.5, 0.6) is 0 Å². The zero-order valence-electron chi connectivity index (χ0n) is 12.7. The smallest absolute Gasteiger partial charge is 0.251 e. The number of likely N-dealkylation sites (N-methyl/N-ethyl adjacent to an activating group) is 1. The van der Waals surface area contributed by atoms with E-state index in [1.54, 1.807) is 19.0 Å². The van der Waals surface area contributed by atoms with Crippen LogP contribution in [0.2, 0.25) is 0 Å². The highest BCUT2D eigenvalue weighted by Crippen LogP contribution is 2.24. The minimum absolute atomic E-state index is 0.0782. The third-order valence-corrected chi connectivity index (χ3v) is 4.85. The van der Waals surface area contributed by atoms with Crippen LogP contribution in [0.1, 0.15) is 35.6 Å². The van der Waals surface area contributed by atoms with Gasteiger partial charge in [-0.05, 0) is 38.8 Å². The molecule has 112 valence electrons. The molecule has 0 bridgehead atoms. The molecule has 0 aliphatic carbocycles. The van der Waals surface area contributed by atoms with Crippen LogP contribution in [-0.2, 0) is 9.53 Å². The highest BCUT2D eigenvalue weighted by Gasteiger charge is 2.31. The number of hydrogen-bond acceptors (Lipinski definition) is 4. The van der Waals surface area contributed by atoms with Gasteiger partial charge in [0.15, 0.2) is 0 Å². The number of thiophene rings is 1. The minimum atomic E-state index is -0.254. The normalized spacial score (nSPS) is 23.8. The second kappa shape index (κ2) is 6.70. The van der Waals surface area contributed by atoms with Crippen molar-refractivity contribution in [3.63, 3.8) is 0 Å². The predicted octanol–water partition coefficient (Wildman–Crippen LogP) is 2.34. The van der Waals surface area contributed by atoms with Crippen molar-refractivity contribution in [2.24, 2.45) is 0 Å². The average molecular weight is 296 g/mol. The van der Waals surface area contributed by atoms with Crippen molar-refractivity contribution in [3.8, 4) is 0 Å². The molecule has 1 fully saturated rings. The average Bonchev–Trinajstić information content (AvgIpc) is 3.03. The summed E-state index contributed by atoms with van der Waals surface area (Å²) in [7, 11) is 3.55. The van der Waals surface area contributed by atoms with E-state index in [0.29, 0.717) is 6.04 Å². The van der Waals surface area contributed by atoms with Crippen molar-refractivity contribution in [2.45, 2.75) is 44.9 Å². The lowest BCUT2D eigenvalue weighted by molar-refractivity contribution is -0.140. The Morgan fingerprint density at radius 3 is 2.85 bits per heavy atom. The van der Waals surface area contributed by atoms with Gasteiger partial charge in [-0.2, -0.15) is 0 Å². The number of carbonyl (C=O) groups excluding carboxylic acids is 1. The number of rotatable bonds is 5. The molecule has 5 heteroatoms. The molecule has 3 atom stereocenters. The Balaban J connectivity index is 1.77. The lowest BCUT2D eigenvalue weighted by Crippen LogP contribution is -2.35. The molecule has 0 unspecified atom stereocenters. The van der Waals surface area contributed by atoms with E-state index in [4.69, 9.17) is 4.74 Å². The monoisotopic (exact) mass is 296 g/mol. The van der Waals surface area contributed by atoms with Gasteiger partial charge in [0.2, 0.25) is 0 Å². The van der Waals surface area contributed by atoms with Gasteiger partial charge in [0, 0.05) is 36.4 Å². The Morgan fingerprint density at radius 1 is 1.50 bits per heavy atom. The van der Waals surface area contributed by atoms with Crippen LogP contribution >= 0.6 is 11.3 Å². The van der Waals surface area contributed by atoms with Crippen LogP contribution in [0.3, 0.4) is 0 Å². The molecule has 1 saturated heterocycles. The van der Waals surface area contributed by atoms with Gasteiger partial charge in [0.25, 0.3) is 5.91 Å². The number of nitrogens with one attached hydrogen (secondary N) is 1. The first kappa shape index (κ1) is 15.5. The van der Waals surface area contributed by atoms with Gasteiger partial charge >= 0.3 is 0 Å². The summed E-state index contributed by atoms with van der Waals surface area (Å²) in [6.45, 7) is 5.09. The zero-order chi connectivity index (χ0) is 14.7. The molecule has 1 aromatic rings. The summed E-state index contributed by atoms with van der Waals surface area (Å²) in [5.74, 6) is 0.0782. The SMILES string of the molecule is Cc1ccc([C@H](C)NC[C@H]2CC[C@H](C(=O)N(C)C)O2)s1. The van der Waals surface area contributed by atoms with Crippen molar-refractivity contribution >= 4 is 17.2 Å². The topological polar surface area (TPSA) is 41.6 Å². The summed E-state index contributed by atoms with van der Waals surface area (Å²) >= 11 is 1.82. The quantitative estimate of drug-likeness (QED) is 0.907. The molecule has 1 amide bonds. The molecule has 2 heterocycles. The van der Waals surface area contributed by atoms with Crippen molar-refractivity contribution in [1.29, 1.82) is 0 Å². The summed E-state index contributed by atoms with van der Waals surface area (Å²) in [4.78, 5) is 16.1. The summed E-state index contributed by atoms with van der Waals surface area (Å²) in [6, 6.07) is 4.66. The molecule has 2 rings (SSSR count). The maximum absolute atomic E-state index is 11.8. The number of hydrogen-bond donors (Lipinski definition) is 1. The zero-order valence-corrected chi connectivity index (χ0v) is 13.5. The van der Waals surface area contributed by atoms with Gasteiger partial charge in [-0.15, -0.1) is 11.3 Å². The molecule has 0 radical (unpaired) electrons. The van der Waals surface area contributed by atoms with E-state index in [-0.39, 0.29) is 18.1 Å². The largest absolute Gasteiger partial charge is 0.364 e. The van der Waals surface area contributed by atoms with Gasteiger partial charge in [-0.3, -0.25) is 4.79 Å². The number of carbonyl (C=O) groups is 1. The van der Waals surface area contributed by atoms with Crippen LogP contribution in [0, 0.1) is 6.92 Å². The first-order chi connectivity index (χ1) is 9.47. The molecule has 1 aliphatic rings. The van der Waals surface area contributed by atoms with Crippen LogP contribution in [-0.4, -0.2) is 43.7 Å². The van der Waals surface area contributed by atoms with Crippen LogP contribution in [0.25, 0.3) is 0 Å². The molecule has 0 saturated carbocycles. The van der Waals surface area contributed by atoms with Gasteiger partial charge < -0.3 is 15.0 Å². The van der Waals surface area contributed by atoms with Gasteiger partial charge in [0.1, 0.15) is 6.10 Å². The van der Waals surface area contributed by atoms with Crippen LogP contribution < -0.4 is 5.32 Å². The molecule has 1 aromatic heterocycles. The van der Waals surface area contributed by atoms with E-state index >= 15 is 0 Å². The fraction of sp³-hybridized carbons (Fsp3) is 0.667. The van der Waals surface area contributed by atoms with E-state index in [1.807, 2.05) is 11.3 Å². The second-order valence-corrected chi connectivity index (χ2v) is 6.95. The summed E-state index contributed by atoms with van der Waals surface area (Å²) in [5, 5.41) is 3.50. The molecule has 1 N–H and O–H groups in total. The Labute approximate surface area is 125 Å². The third kappa shape index (κ3) is 3.81. The third-order valence-electron chi connectivity index (χ3n) is 3.66. The summed E-state index contributed by atoms with van der Waals surface area (Å²) < 4.78 is 5.83. The van der Waals surface area contributed by atoms with Gasteiger partial charge in [-0.25, -0.2) is 0 Å². The molecule has 0 aromatic carbocycles. The highest BCUT2D eigenvalue weighted by atomic mass is 32.1. The molecule has 1 aliphatic heterocycles. The first-order valence-corrected chi connectivity index (χ1v) is 7.95. The number of aryl methyl sites for hydroxylation is 1. The fourth-order valence-corrected chi connectivity index (χ4v) is 3.32. The maximum Gasteiger partial charge on any atom is 0.251 e. The van der Waals surface area contributed by atoms with E-state index < -0.39 is 0 Å². The van der Waals surface area contributed by atoms with Gasteiger partial charge in [-0.1, -0.05) is 0 Å². The number of nitrogens with zero attached hydrogens (tertiary/aromatic N) is 1. The Bertz CT molecular complexity index is 458. The molecular weight excluding hydrogens is 272 g/mol. The van der Waals surface area contributed by atoms with E-state index in [2.05, 4.69) is 31.3 Å². The van der Waals surface area contributed by atoms with Crippen molar-refractivity contribution < 1.29 is 9.53 Å². The van der Waals surface area contributed by atoms with E-state index in [1.165, 1.54) is 9.75 Å². The van der Waals surface area contributed by atoms with Crippen molar-refractivity contribution in [3.05, 3.63) is 21.9 Å². The van der Waals surface area contributed by atoms with Crippen molar-refractivity contribution in [1.82, 2.24) is 10.2 Å². The van der Waals surface area contributed by atoms with Crippen LogP contribution in [0.15, 0.2) is 12.1 Å². The Hall–Kier alpha value is -0.910. The summed E-state index contributed by atoms with van der Waals surface area (Å²) in [6.07, 6.45) is 1.67. The Morgan fingerprint density at radius 2 is 2.25 bits per heavy atom. The number of ether oxygens (including phenoxy) is 1.